The van der Waals surface area contributed by atoms with Crippen LogP contribution in [0.4, 0.5) is 16.0 Å². The van der Waals surface area contributed by atoms with Crippen molar-refractivity contribution in [3.05, 3.63) is 82.8 Å². The van der Waals surface area contributed by atoms with Crippen LogP contribution in [0.3, 0.4) is 0 Å². The number of fused-ring (bicyclic) bond motifs is 4. The molecule has 0 radical (unpaired) electrons. The van der Waals surface area contributed by atoms with E-state index in [1.807, 2.05) is 18.5 Å². The van der Waals surface area contributed by atoms with Crippen LogP contribution in [0.1, 0.15) is 130 Å². The average Bonchev–Trinajstić information content (AvgIpc) is 3.79. The van der Waals surface area contributed by atoms with Gasteiger partial charge in [-0.05, 0) is 140 Å². The van der Waals surface area contributed by atoms with Crippen molar-refractivity contribution in [2.24, 2.45) is 5.92 Å². The molecule has 12 nitrogen and oxygen atoms in total. The maximum Gasteiger partial charge on any atom is 0.255 e. The van der Waals surface area contributed by atoms with Crippen molar-refractivity contribution in [3.8, 4) is 0 Å². The number of piperidine rings is 2. The van der Waals surface area contributed by atoms with Crippen molar-refractivity contribution < 1.29 is 18.8 Å². The Morgan fingerprint density at radius 3 is 2.27 bits per heavy atom. The Labute approximate surface area is 372 Å². The molecule has 0 spiro atoms. The Kier molecular flexibility index (Phi) is 12.9. The fourth-order valence-corrected chi connectivity index (χ4v) is 11.1. The van der Waals surface area contributed by atoms with Crippen molar-refractivity contribution in [2.75, 3.05) is 62.2 Å². The van der Waals surface area contributed by atoms with E-state index >= 15 is 4.39 Å². The van der Waals surface area contributed by atoms with Gasteiger partial charge in [-0.25, -0.2) is 14.4 Å². The van der Waals surface area contributed by atoms with Gasteiger partial charge < -0.3 is 24.6 Å². The van der Waals surface area contributed by atoms with E-state index in [1.165, 1.54) is 43.1 Å². The second-order valence-electron chi connectivity index (χ2n) is 19.6. The first kappa shape index (κ1) is 43.4. The Balaban J connectivity index is 0.745. The van der Waals surface area contributed by atoms with Gasteiger partial charge in [0, 0.05) is 97.5 Å². The molecule has 3 atom stereocenters. The number of H-pyrrole nitrogens is 1. The average molecular weight is 860 g/mol. The highest BCUT2D eigenvalue weighted by molar-refractivity contribution is 6.05. The van der Waals surface area contributed by atoms with Gasteiger partial charge in [-0.15, -0.1) is 0 Å². The number of alkyl halides is 1. The lowest BCUT2D eigenvalue weighted by Crippen LogP contribution is -2.52. The quantitative estimate of drug-likeness (QED) is 0.164. The number of carbonyl (C=O) groups excluding carboxylic acids is 3. The van der Waals surface area contributed by atoms with Gasteiger partial charge in [0.15, 0.2) is 0 Å². The number of carbonyl (C=O) groups is 3. The summed E-state index contributed by atoms with van der Waals surface area (Å²) in [6.45, 7) is 13.7. The highest BCUT2D eigenvalue weighted by atomic mass is 19.1. The van der Waals surface area contributed by atoms with Crippen LogP contribution in [-0.2, 0) is 22.6 Å². The van der Waals surface area contributed by atoms with Crippen LogP contribution in [0.2, 0.25) is 0 Å². The Hall–Kier alpha value is -4.88. The predicted molar refractivity (Wildman–Crippen MR) is 246 cm³/mol. The zero-order valence-corrected chi connectivity index (χ0v) is 37.6. The predicted octanol–water partition coefficient (Wildman–Crippen LogP) is 7.57. The molecule has 336 valence electrons. The highest BCUT2D eigenvalue weighted by Crippen LogP contribution is 2.42. The Morgan fingerprint density at radius 2 is 1.56 bits per heavy atom. The van der Waals surface area contributed by atoms with E-state index in [4.69, 9.17) is 9.97 Å². The van der Waals surface area contributed by atoms with Crippen molar-refractivity contribution >= 4 is 40.3 Å². The maximum atomic E-state index is 15.3. The molecule has 9 rings (SSSR count). The van der Waals surface area contributed by atoms with Crippen molar-refractivity contribution in [1.29, 1.82) is 0 Å². The van der Waals surface area contributed by atoms with E-state index in [0.29, 0.717) is 31.0 Å². The molecule has 3 fully saturated rings. The van der Waals surface area contributed by atoms with Crippen LogP contribution in [0.25, 0.3) is 10.9 Å². The molecule has 2 aromatic heterocycles. The molecule has 3 amide bonds. The minimum absolute atomic E-state index is 0.116. The van der Waals surface area contributed by atoms with Crippen LogP contribution in [0, 0.1) is 5.92 Å². The molecular formula is C50H66FN9O3. The lowest BCUT2D eigenvalue weighted by atomic mass is 9.88. The second-order valence-corrected chi connectivity index (χ2v) is 19.6. The van der Waals surface area contributed by atoms with Gasteiger partial charge in [0.25, 0.3) is 5.91 Å². The summed E-state index contributed by atoms with van der Waals surface area (Å²) in [5, 5.41) is 3.65. The molecule has 4 aromatic rings. The molecule has 2 N–H and O–H groups in total. The summed E-state index contributed by atoms with van der Waals surface area (Å²) in [6, 6.07) is 14.1. The number of nitrogens with one attached hydrogen (secondary N) is 2. The third-order valence-electron chi connectivity index (χ3n) is 14.5. The molecule has 13 heteroatoms. The van der Waals surface area contributed by atoms with Crippen LogP contribution in [-0.4, -0.2) is 117 Å². The second kappa shape index (κ2) is 18.7. The van der Waals surface area contributed by atoms with Gasteiger partial charge in [-0.2, -0.15) is 0 Å². The summed E-state index contributed by atoms with van der Waals surface area (Å²) >= 11 is 0. The van der Waals surface area contributed by atoms with E-state index < -0.39 is 11.7 Å². The number of imide groups is 1. The van der Waals surface area contributed by atoms with E-state index in [-0.39, 0.29) is 36.2 Å². The first-order valence-corrected chi connectivity index (χ1v) is 23.8. The molecule has 63 heavy (non-hydrogen) atoms. The number of nitrogens with zero attached hydrogens (tertiary/aromatic N) is 7. The van der Waals surface area contributed by atoms with Gasteiger partial charge in [-0.1, -0.05) is 31.0 Å². The monoisotopic (exact) mass is 860 g/mol. The molecule has 3 saturated heterocycles. The van der Waals surface area contributed by atoms with E-state index in [1.54, 1.807) is 18.7 Å². The zero-order valence-electron chi connectivity index (χ0n) is 37.6. The summed E-state index contributed by atoms with van der Waals surface area (Å²) < 4.78 is 15.3. The summed E-state index contributed by atoms with van der Waals surface area (Å²) in [7, 11) is 0. The number of para-hydroxylation sites is 1. The summed E-state index contributed by atoms with van der Waals surface area (Å²) in [6.07, 6.45) is 16.0. The lowest BCUT2D eigenvalue weighted by Gasteiger charge is -2.42. The molecule has 0 saturated carbocycles. The molecular weight excluding hydrogens is 794 g/mol. The molecule has 0 bridgehead atoms. The van der Waals surface area contributed by atoms with Crippen LogP contribution in [0.15, 0.2) is 54.9 Å². The minimum atomic E-state index is -1.33. The highest BCUT2D eigenvalue weighted by Gasteiger charge is 2.41. The summed E-state index contributed by atoms with van der Waals surface area (Å²) in [5.74, 6) is 0.748. The summed E-state index contributed by atoms with van der Waals surface area (Å²) in [5.41, 5.74) is 6.04. The lowest BCUT2D eigenvalue weighted by molar-refractivity contribution is -0.136. The van der Waals surface area contributed by atoms with Crippen LogP contribution >= 0.6 is 0 Å². The van der Waals surface area contributed by atoms with Gasteiger partial charge in [0.1, 0.15) is 11.7 Å². The number of aromatic amines is 1. The molecule has 0 aliphatic carbocycles. The number of hydrogen-bond donors (Lipinski definition) is 2. The normalized spacial score (nSPS) is 24.0. The van der Waals surface area contributed by atoms with Gasteiger partial charge in [-0.3, -0.25) is 24.6 Å². The van der Waals surface area contributed by atoms with Gasteiger partial charge >= 0.3 is 0 Å². The third kappa shape index (κ3) is 9.65. The topological polar surface area (TPSA) is 121 Å². The third-order valence-corrected chi connectivity index (χ3v) is 14.5. The maximum absolute atomic E-state index is 15.3. The zero-order chi connectivity index (χ0) is 43.7. The number of anilines is 2. The van der Waals surface area contributed by atoms with Crippen molar-refractivity contribution in [2.45, 2.75) is 128 Å². The standard InChI is InChI=1S/C50H66FN9O3/c1-34-28-41-40-12-6-7-13-42(40)54-45(41)46(60(34)33-50(2,3)51)37-30-52-49(53-31-37)58-26-19-35(20-27-58)18-25-56-21-8-4-10-23-57(24-11-5-9-22-56)38-14-15-39-36(29-38)32-59(48(39)63)43-16-17-44(61)55-47(43)62/h6-7,12-15,29-31,34-35,43,46,54H,4-5,8-11,16-28,32-33H2,1-3H3,(H,55,61,62)/t34-,43?,46-/m1/s1. The first-order chi connectivity index (χ1) is 30.5. The number of benzene rings is 2. The fourth-order valence-electron chi connectivity index (χ4n) is 11.1. The SMILES string of the molecule is C[C@@H]1Cc2c([nH]c3ccccc23)[C@@H](c2cnc(N3CCC(CCN4CCCCCN(c5ccc6c(c5)CN(C5CCC(=O)NC5=O)C6=O)CCCCC4)CC3)nc2)N1CC(C)(C)F. The van der Waals surface area contributed by atoms with Crippen molar-refractivity contribution in [3.63, 3.8) is 0 Å². The minimum Gasteiger partial charge on any atom is -0.372 e. The van der Waals surface area contributed by atoms with Crippen LogP contribution < -0.4 is 15.1 Å². The van der Waals surface area contributed by atoms with E-state index in [9.17, 15) is 14.4 Å². The van der Waals surface area contributed by atoms with Gasteiger partial charge in [0.2, 0.25) is 17.8 Å². The van der Waals surface area contributed by atoms with Crippen molar-refractivity contribution in [1.82, 2.24) is 35.0 Å². The number of aromatic nitrogens is 3. The molecule has 7 heterocycles. The first-order valence-electron chi connectivity index (χ1n) is 23.8. The Morgan fingerprint density at radius 1 is 0.841 bits per heavy atom. The van der Waals surface area contributed by atoms with E-state index in [0.717, 1.165) is 112 Å². The summed E-state index contributed by atoms with van der Waals surface area (Å²) in [4.78, 5) is 62.6. The molecule has 5 aliphatic rings. The molecule has 5 aliphatic heterocycles. The fraction of sp³-hybridized carbons (Fsp3) is 0.580. The number of halogens is 1. The van der Waals surface area contributed by atoms with E-state index in [2.05, 4.69) is 73.2 Å². The van der Waals surface area contributed by atoms with Gasteiger partial charge in [0.05, 0.1) is 6.04 Å². The largest absolute Gasteiger partial charge is 0.372 e. The van der Waals surface area contributed by atoms with Crippen LogP contribution in [0.5, 0.6) is 0 Å². The number of amides is 3. The number of rotatable bonds is 9. The smallest absolute Gasteiger partial charge is 0.255 e. The molecule has 2 aromatic carbocycles. The number of hydrogen-bond acceptors (Lipinski definition) is 9. The molecule has 1 unspecified atom stereocenters. The Bertz CT molecular complexity index is 2250.